The Balaban J connectivity index is 2.24. The van der Waals surface area contributed by atoms with E-state index in [0.29, 0.717) is 12.1 Å². The maximum absolute atomic E-state index is 6.40. The van der Waals surface area contributed by atoms with Gasteiger partial charge in [0.15, 0.2) is 0 Å². The molecule has 1 aromatic rings. The Bertz CT molecular complexity index is 419. The minimum Gasteiger partial charge on any atom is -0.369 e. The maximum atomic E-state index is 6.40. The predicted octanol–water partition coefficient (Wildman–Crippen LogP) is 3.86. The molecule has 1 heterocycles. The van der Waals surface area contributed by atoms with E-state index >= 15 is 0 Å². The second kappa shape index (κ2) is 5.50. The topological polar surface area (TPSA) is 15.3 Å². The zero-order valence-corrected chi connectivity index (χ0v) is 12.5. The van der Waals surface area contributed by atoms with E-state index in [0.717, 1.165) is 17.5 Å². The fourth-order valence-electron chi connectivity index (χ4n) is 2.86. The molecule has 0 aromatic heterocycles. The molecule has 0 saturated carbocycles. The highest BCUT2D eigenvalue weighted by atomic mass is 35.5. The number of hydrogen-bond acceptors (Lipinski definition) is 2. The average Bonchev–Trinajstić information content (AvgIpc) is 2.67. The van der Waals surface area contributed by atoms with E-state index in [-0.39, 0.29) is 0 Å². The van der Waals surface area contributed by atoms with Crippen molar-refractivity contribution >= 4 is 17.3 Å². The lowest BCUT2D eigenvalue weighted by Crippen LogP contribution is -2.26. The number of hydrogen-bond donors (Lipinski definition) is 1. The molecule has 1 aliphatic heterocycles. The third kappa shape index (κ3) is 2.65. The molecular formula is C15H23ClN2. The number of nitrogens with one attached hydrogen (secondary N) is 1. The summed E-state index contributed by atoms with van der Waals surface area (Å²) in [5, 5.41) is 4.09. The Morgan fingerprint density at radius 1 is 1.39 bits per heavy atom. The zero-order valence-electron chi connectivity index (χ0n) is 11.7. The third-order valence-corrected chi connectivity index (χ3v) is 4.33. The summed E-state index contributed by atoms with van der Waals surface area (Å²) in [6.45, 7) is 7.87. The van der Waals surface area contributed by atoms with Crippen LogP contribution in [-0.2, 0) is 0 Å². The van der Waals surface area contributed by atoms with Crippen molar-refractivity contribution in [2.24, 2.45) is 5.92 Å². The van der Waals surface area contributed by atoms with Gasteiger partial charge in [-0.25, -0.2) is 0 Å². The highest BCUT2D eigenvalue weighted by Crippen LogP contribution is 2.33. The number of nitrogens with zero attached hydrogens (tertiary/aromatic N) is 1. The van der Waals surface area contributed by atoms with Crippen molar-refractivity contribution in [3.63, 3.8) is 0 Å². The molecule has 0 bridgehead atoms. The van der Waals surface area contributed by atoms with Crippen molar-refractivity contribution in [1.29, 1.82) is 0 Å². The van der Waals surface area contributed by atoms with Crippen molar-refractivity contribution in [3.8, 4) is 0 Å². The smallest absolute Gasteiger partial charge is 0.0474 e. The minimum atomic E-state index is 0.293. The van der Waals surface area contributed by atoms with Gasteiger partial charge in [0, 0.05) is 29.3 Å². The molecule has 0 spiro atoms. The molecular weight excluding hydrogens is 244 g/mol. The van der Waals surface area contributed by atoms with Crippen LogP contribution in [0.15, 0.2) is 18.2 Å². The fraction of sp³-hybridized carbons (Fsp3) is 0.600. The third-order valence-electron chi connectivity index (χ3n) is 4.00. The summed E-state index contributed by atoms with van der Waals surface area (Å²) in [5.74, 6) is 0.773. The first kappa shape index (κ1) is 13.7. The summed E-state index contributed by atoms with van der Waals surface area (Å²) in [6, 6.07) is 7.36. The number of halogens is 1. The standard InChI is InChI=1S/C15H23ClN2/c1-10-7-11(2)18(9-10)13-5-6-14(12(3)17-4)15(16)8-13/h5-6,8,10-12,17H,7,9H2,1-4H3. The first-order valence-corrected chi connectivity index (χ1v) is 7.14. The summed E-state index contributed by atoms with van der Waals surface area (Å²) < 4.78 is 0. The molecule has 0 aliphatic carbocycles. The van der Waals surface area contributed by atoms with Gasteiger partial charge in [0.1, 0.15) is 0 Å². The first-order valence-electron chi connectivity index (χ1n) is 6.76. The largest absolute Gasteiger partial charge is 0.369 e. The van der Waals surface area contributed by atoms with Gasteiger partial charge in [0.2, 0.25) is 0 Å². The molecule has 1 N–H and O–H groups in total. The van der Waals surface area contributed by atoms with Crippen LogP contribution in [0, 0.1) is 5.92 Å². The lowest BCUT2D eigenvalue weighted by atomic mass is 10.1. The van der Waals surface area contributed by atoms with Gasteiger partial charge in [0.05, 0.1) is 0 Å². The van der Waals surface area contributed by atoms with Crippen LogP contribution in [0.25, 0.3) is 0 Å². The molecule has 2 rings (SSSR count). The van der Waals surface area contributed by atoms with Crippen LogP contribution in [0.4, 0.5) is 5.69 Å². The van der Waals surface area contributed by atoms with E-state index in [1.165, 1.54) is 17.7 Å². The molecule has 3 unspecified atom stereocenters. The second-order valence-electron chi connectivity index (χ2n) is 5.56. The number of benzene rings is 1. The highest BCUT2D eigenvalue weighted by Gasteiger charge is 2.26. The van der Waals surface area contributed by atoms with Gasteiger partial charge < -0.3 is 10.2 Å². The molecule has 100 valence electrons. The number of anilines is 1. The monoisotopic (exact) mass is 266 g/mol. The summed E-state index contributed by atoms with van der Waals surface area (Å²) in [4.78, 5) is 2.46. The molecule has 0 amide bonds. The van der Waals surface area contributed by atoms with Gasteiger partial charge in [-0.2, -0.15) is 0 Å². The Morgan fingerprint density at radius 2 is 2.11 bits per heavy atom. The van der Waals surface area contributed by atoms with Crippen LogP contribution in [0.5, 0.6) is 0 Å². The lowest BCUT2D eigenvalue weighted by molar-refractivity contribution is 0.625. The predicted molar refractivity (Wildman–Crippen MR) is 79.5 cm³/mol. The first-order chi connectivity index (χ1) is 8.52. The van der Waals surface area contributed by atoms with Gasteiger partial charge in [-0.05, 0) is 50.9 Å². The van der Waals surface area contributed by atoms with Crippen LogP contribution >= 0.6 is 11.6 Å². The van der Waals surface area contributed by atoms with Crippen molar-refractivity contribution in [1.82, 2.24) is 5.32 Å². The van der Waals surface area contributed by atoms with E-state index in [1.54, 1.807) is 0 Å². The van der Waals surface area contributed by atoms with Gasteiger partial charge in [0.25, 0.3) is 0 Å². The Morgan fingerprint density at radius 3 is 2.61 bits per heavy atom. The Kier molecular flexibility index (Phi) is 4.18. The van der Waals surface area contributed by atoms with Crippen molar-refractivity contribution < 1.29 is 0 Å². The van der Waals surface area contributed by atoms with Gasteiger partial charge in [-0.3, -0.25) is 0 Å². The summed E-state index contributed by atoms with van der Waals surface area (Å²) in [7, 11) is 1.96. The molecule has 3 heteroatoms. The second-order valence-corrected chi connectivity index (χ2v) is 5.97. The summed E-state index contributed by atoms with van der Waals surface area (Å²) in [5.41, 5.74) is 2.42. The normalized spacial score (nSPS) is 25.5. The summed E-state index contributed by atoms with van der Waals surface area (Å²) in [6.07, 6.45) is 1.27. The lowest BCUT2D eigenvalue weighted by Gasteiger charge is -2.25. The SMILES string of the molecule is CNC(C)c1ccc(N2CC(C)CC2C)cc1Cl. The molecule has 18 heavy (non-hydrogen) atoms. The Labute approximate surface area is 115 Å². The van der Waals surface area contributed by atoms with Crippen LogP contribution in [0.3, 0.4) is 0 Å². The van der Waals surface area contributed by atoms with Crippen LogP contribution in [0.2, 0.25) is 5.02 Å². The van der Waals surface area contributed by atoms with Crippen molar-refractivity contribution in [2.45, 2.75) is 39.3 Å². The molecule has 1 saturated heterocycles. The molecule has 1 aliphatic rings. The van der Waals surface area contributed by atoms with Gasteiger partial charge >= 0.3 is 0 Å². The van der Waals surface area contributed by atoms with E-state index in [2.05, 4.69) is 49.2 Å². The zero-order chi connectivity index (χ0) is 13.3. The van der Waals surface area contributed by atoms with Crippen LogP contribution in [-0.4, -0.2) is 19.6 Å². The van der Waals surface area contributed by atoms with Crippen molar-refractivity contribution in [2.75, 3.05) is 18.5 Å². The molecule has 3 atom stereocenters. The summed E-state index contributed by atoms with van der Waals surface area (Å²) >= 11 is 6.40. The van der Waals surface area contributed by atoms with Gasteiger partial charge in [-0.15, -0.1) is 0 Å². The fourth-order valence-corrected chi connectivity index (χ4v) is 3.20. The Hall–Kier alpha value is -0.730. The minimum absolute atomic E-state index is 0.293. The van der Waals surface area contributed by atoms with E-state index in [1.807, 2.05) is 7.05 Å². The number of rotatable bonds is 3. The van der Waals surface area contributed by atoms with Crippen molar-refractivity contribution in [3.05, 3.63) is 28.8 Å². The molecule has 1 fully saturated rings. The molecule has 0 radical (unpaired) electrons. The van der Waals surface area contributed by atoms with E-state index in [9.17, 15) is 0 Å². The molecule has 1 aromatic carbocycles. The molecule has 2 nitrogen and oxygen atoms in total. The van der Waals surface area contributed by atoms with Gasteiger partial charge in [-0.1, -0.05) is 24.6 Å². The van der Waals surface area contributed by atoms with E-state index in [4.69, 9.17) is 11.6 Å². The van der Waals surface area contributed by atoms with Crippen LogP contribution in [0.1, 0.15) is 38.8 Å². The average molecular weight is 267 g/mol. The maximum Gasteiger partial charge on any atom is 0.0474 e. The quantitative estimate of drug-likeness (QED) is 0.894. The highest BCUT2D eigenvalue weighted by molar-refractivity contribution is 6.31. The van der Waals surface area contributed by atoms with Crippen LogP contribution < -0.4 is 10.2 Å². The van der Waals surface area contributed by atoms with E-state index < -0.39 is 0 Å².